The van der Waals surface area contributed by atoms with Crippen LogP contribution >= 0.6 is 11.5 Å². The van der Waals surface area contributed by atoms with Gasteiger partial charge in [-0.3, -0.25) is 0 Å². The molecule has 0 aliphatic heterocycles. The van der Waals surface area contributed by atoms with Crippen molar-refractivity contribution in [3.63, 3.8) is 0 Å². The SMILES string of the molecule is CCCc1nsc(NCC(C)(C)OC)n1. The van der Waals surface area contributed by atoms with E-state index in [9.17, 15) is 0 Å². The van der Waals surface area contributed by atoms with E-state index in [1.807, 2.05) is 13.8 Å². The third-order valence-corrected chi connectivity index (χ3v) is 2.87. The van der Waals surface area contributed by atoms with E-state index in [4.69, 9.17) is 4.74 Å². The number of rotatable bonds is 6. The van der Waals surface area contributed by atoms with Crippen LogP contribution in [0.4, 0.5) is 5.13 Å². The van der Waals surface area contributed by atoms with Gasteiger partial charge in [0, 0.05) is 31.6 Å². The van der Waals surface area contributed by atoms with Gasteiger partial charge >= 0.3 is 0 Å². The Balaban J connectivity index is 2.44. The van der Waals surface area contributed by atoms with Crippen LogP contribution in [0.25, 0.3) is 0 Å². The molecule has 0 saturated heterocycles. The Kier molecular flexibility index (Phi) is 4.47. The fraction of sp³-hybridized carbons (Fsp3) is 0.800. The van der Waals surface area contributed by atoms with Gasteiger partial charge in [0.1, 0.15) is 5.82 Å². The quantitative estimate of drug-likeness (QED) is 0.813. The van der Waals surface area contributed by atoms with E-state index in [1.54, 1.807) is 7.11 Å². The number of hydrogen-bond donors (Lipinski definition) is 1. The second kappa shape index (κ2) is 5.42. The van der Waals surface area contributed by atoms with Gasteiger partial charge < -0.3 is 10.1 Å². The van der Waals surface area contributed by atoms with E-state index in [0.29, 0.717) is 0 Å². The van der Waals surface area contributed by atoms with Crippen LogP contribution in [0.3, 0.4) is 0 Å². The molecular formula is C10H19N3OS. The highest BCUT2D eigenvalue weighted by atomic mass is 32.1. The fourth-order valence-electron chi connectivity index (χ4n) is 1.01. The maximum atomic E-state index is 5.31. The van der Waals surface area contributed by atoms with Crippen molar-refractivity contribution in [1.29, 1.82) is 0 Å². The number of aromatic nitrogens is 2. The van der Waals surface area contributed by atoms with Crippen LogP contribution in [0.15, 0.2) is 0 Å². The van der Waals surface area contributed by atoms with Gasteiger partial charge in [0.2, 0.25) is 5.13 Å². The highest BCUT2D eigenvalue weighted by Gasteiger charge is 2.16. The third kappa shape index (κ3) is 4.13. The maximum Gasteiger partial charge on any atom is 0.202 e. The van der Waals surface area contributed by atoms with Gasteiger partial charge in [-0.05, 0) is 20.3 Å². The number of anilines is 1. The molecule has 5 heteroatoms. The minimum Gasteiger partial charge on any atom is -0.377 e. The summed E-state index contributed by atoms with van der Waals surface area (Å²) in [6.07, 6.45) is 2.03. The molecule has 86 valence electrons. The second-order valence-electron chi connectivity index (χ2n) is 4.08. The Labute approximate surface area is 95.2 Å². The normalized spacial score (nSPS) is 11.7. The van der Waals surface area contributed by atoms with Crippen molar-refractivity contribution in [2.45, 2.75) is 39.2 Å². The summed E-state index contributed by atoms with van der Waals surface area (Å²) in [5.74, 6) is 0.931. The van der Waals surface area contributed by atoms with Crippen LogP contribution < -0.4 is 5.32 Å². The molecule has 4 nitrogen and oxygen atoms in total. The molecule has 1 rings (SSSR count). The molecule has 0 aliphatic rings. The summed E-state index contributed by atoms with van der Waals surface area (Å²) >= 11 is 1.41. The zero-order chi connectivity index (χ0) is 11.3. The maximum absolute atomic E-state index is 5.31. The van der Waals surface area contributed by atoms with Gasteiger partial charge in [-0.1, -0.05) is 6.92 Å². The Bertz CT molecular complexity index is 299. The number of aryl methyl sites for hydroxylation is 1. The Morgan fingerprint density at radius 2 is 2.20 bits per heavy atom. The molecule has 1 N–H and O–H groups in total. The Hall–Kier alpha value is -0.680. The molecule has 0 radical (unpaired) electrons. The van der Waals surface area contributed by atoms with Crippen molar-refractivity contribution in [3.05, 3.63) is 5.82 Å². The molecule has 0 saturated carbocycles. The van der Waals surface area contributed by atoms with E-state index >= 15 is 0 Å². The van der Waals surface area contributed by atoms with Gasteiger partial charge in [-0.25, -0.2) is 4.98 Å². The molecule has 0 aliphatic carbocycles. The molecular weight excluding hydrogens is 210 g/mol. The molecule has 0 spiro atoms. The van der Waals surface area contributed by atoms with Crippen LogP contribution in [0, 0.1) is 0 Å². The van der Waals surface area contributed by atoms with E-state index in [-0.39, 0.29) is 5.60 Å². The van der Waals surface area contributed by atoms with Gasteiger partial charge in [0.25, 0.3) is 0 Å². The summed E-state index contributed by atoms with van der Waals surface area (Å²) in [5, 5.41) is 4.11. The van der Waals surface area contributed by atoms with Gasteiger partial charge in [-0.15, -0.1) is 0 Å². The molecule has 0 atom stereocenters. The van der Waals surface area contributed by atoms with E-state index in [0.717, 1.165) is 30.3 Å². The van der Waals surface area contributed by atoms with Crippen molar-refractivity contribution in [2.75, 3.05) is 19.0 Å². The van der Waals surface area contributed by atoms with Crippen molar-refractivity contribution in [2.24, 2.45) is 0 Å². The minimum atomic E-state index is -0.170. The topological polar surface area (TPSA) is 47.0 Å². The summed E-state index contributed by atoms with van der Waals surface area (Å²) in [5.41, 5.74) is -0.170. The second-order valence-corrected chi connectivity index (χ2v) is 4.83. The Morgan fingerprint density at radius 1 is 1.47 bits per heavy atom. The summed E-state index contributed by atoms with van der Waals surface area (Å²) in [6, 6.07) is 0. The molecule has 1 aromatic rings. The smallest absolute Gasteiger partial charge is 0.202 e. The summed E-state index contributed by atoms with van der Waals surface area (Å²) in [6.45, 7) is 6.94. The van der Waals surface area contributed by atoms with Gasteiger partial charge in [0.05, 0.1) is 5.60 Å². The first-order valence-corrected chi connectivity index (χ1v) is 5.96. The minimum absolute atomic E-state index is 0.170. The molecule has 1 heterocycles. The highest BCUT2D eigenvalue weighted by molar-refractivity contribution is 7.09. The lowest BCUT2D eigenvalue weighted by atomic mass is 10.1. The molecule has 0 unspecified atom stereocenters. The number of hydrogen-bond acceptors (Lipinski definition) is 5. The number of ether oxygens (including phenoxy) is 1. The van der Waals surface area contributed by atoms with Crippen molar-refractivity contribution in [1.82, 2.24) is 9.36 Å². The molecule has 0 aromatic carbocycles. The van der Waals surface area contributed by atoms with Crippen LogP contribution in [0.5, 0.6) is 0 Å². The Morgan fingerprint density at radius 3 is 2.80 bits per heavy atom. The first-order valence-electron chi connectivity index (χ1n) is 5.19. The largest absolute Gasteiger partial charge is 0.377 e. The first-order chi connectivity index (χ1) is 7.07. The van der Waals surface area contributed by atoms with Crippen molar-refractivity contribution >= 4 is 16.7 Å². The van der Waals surface area contributed by atoms with Crippen molar-refractivity contribution in [3.8, 4) is 0 Å². The standard InChI is InChI=1S/C10H19N3OS/c1-5-6-8-12-9(15-13-8)11-7-10(2,3)14-4/h5-7H2,1-4H3,(H,11,12,13). The zero-order valence-electron chi connectivity index (χ0n) is 9.83. The molecule has 0 fully saturated rings. The van der Waals surface area contributed by atoms with Crippen LogP contribution in [-0.4, -0.2) is 28.6 Å². The number of methoxy groups -OCH3 is 1. The predicted octanol–water partition coefficient (Wildman–Crippen LogP) is 2.33. The lowest BCUT2D eigenvalue weighted by Gasteiger charge is -2.22. The van der Waals surface area contributed by atoms with E-state index < -0.39 is 0 Å². The average molecular weight is 229 g/mol. The van der Waals surface area contributed by atoms with Crippen LogP contribution in [-0.2, 0) is 11.2 Å². The van der Waals surface area contributed by atoms with Crippen LogP contribution in [0.1, 0.15) is 33.0 Å². The number of nitrogens with zero attached hydrogens (tertiary/aromatic N) is 2. The van der Waals surface area contributed by atoms with Crippen LogP contribution in [0.2, 0.25) is 0 Å². The lowest BCUT2D eigenvalue weighted by Crippen LogP contribution is -2.31. The average Bonchev–Trinajstić information content (AvgIpc) is 2.64. The molecule has 0 amide bonds. The first kappa shape index (κ1) is 12.4. The van der Waals surface area contributed by atoms with Gasteiger partial charge in [0.15, 0.2) is 0 Å². The van der Waals surface area contributed by atoms with Crippen molar-refractivity contribution < 1.29 is 4.74 Å². The zero-order valence-corrected chi connectivity index (χ0v) is 10.6. The third-order valence-electron chi connectivity index (χ3n) is 2.16. The predicted molar refractivity (Wildman–Crippen MR) is 63.5 cm³/mol. The molecule has 0 bridgehead atoms. The summed E-state index contributed by atoms with van der Waals surface area (Å²) in [4.78, 5) is 4.38. The van der Waals surface area contributed by atoms with Gasteiger partial charge in [-0.2, -0.15) is 4.37 Å². The summed E-state index contributed by atoms with van der Waals surface area (Å²) < 4.78 is 9.57. The highest BCUT2D eigenvalue weighted by Crippen LogP contribution is 2.14. The fourth-order valence-corrected chi connectivity index (χ4v) is 1.62. The number of nitrogens with one attached hydrogen (secondary N) is 1. The van der Waals surface area contributed by atoms with E-state index in [2.05, 4.69) is 21.6 Å². The monoisotopic (exact) mass is 229 g/mol. The lowest BCUT2D eigenvalue weighted by molar-refractivity contribution is 0.0344. The molecule has 15 heavy (non-hydrogen) atoms. The summed E-state index contributed by atoms with van der Waals surface area (Å²) in [7, 11) is 1.71. The molecule has 1 aromatic heterocycles. The van der Waals surface area contributed by atoms with E-state index in [1.165, 1.54) is 11.5 Å².